The number of alkyl halides is 1. The van der Waals surface area contributed by atoms with E-state index in [4.69, 9.17) is 16.3 Å². The van der Waals surface area contributed by atoms with E-state index in [1.54, 1.807) is 26.4 Å². The Morgan fingerprint density at radius 1 is 1.47 bits per heavy atom. The zero-order valence-electron chi connectivity index (χ0n) is 11.6. The molecular formula is C12H21ClN2O3S. The van der Waals surface area contributed by atoms with Gasteiger partial charge in [0.15, 0.2) is 0 Å². The molecule has 0 bridgehead atoms. The molecule has 1 heterocycles. The maximum atomic E-state index is 12.4. The first-order valence-electron chi connectivity index (χ1n) is 6.17. The Labute approximate surface area is 120 Å². The summed E-state index contributed by atoms with van der Waals surface area (Å²) < 4.78 is 32.8. The Kier molecular flexibility index (Phi) is 6.32. The van der Waals surface area contributed by atoms with Crippen LogP contribution in [0.25, 0.3) is 0 Å². The molecule has 0 aliphatic rings. The zero-order valence-corrected chi connectivity index (χ0v) is 13.2. The number of ether oxygens (including phenoxy) is 1. The number of hydrogen-bond donors (Lipinski definition) is 0. The number of rotatable bonds is 8. The van der Waals surface area contributed by atoms with Gasteiger partial charge in [-0.15, -0.1) is 11.6 Å². The lowest BCUT2D eigenvalue weighted by Gasteiger charge is -2.15. The van der Waals surface area contributed by atoms with Crippen molar-refractivity contribution < 1.29 is 13.2 Å². The van der Waals surface area contributed by atoms with Gasteiger partial charge >= 0.3 is 0 Å². The van der Waals surface area contributed by atoms with Crippen molar-refractivity contribution in [3.8, 4) is 0 Å². The van der Waals surface area contributed by atoms with Gasteiger partial charge in [0.25, 0.3) is 0 Å². The van der Waals surface area contributed by atoms with E-state index in [0.717, 1.165) is 5.69 Å². The highest BCUT2D eigenvalue weighted by Gasteiger charge is 2.22. The van der Waals surface area contributed by atoms with Crippen LogP contribution < -0.4 is 0 Å². The van der Waals surface area contributed by atoms with Gasteiger partial charge in [-0.25, -0.2) is 12.7 Å². The van der Waals surface area contributed by atoms with Crippen LogP contribution in [0.1, 0.15) is 19.0 Å². The Morgan fingerprint density at radius 3 is 2.63 bits per heavy atom. The van der Waals surface area contributed by atoms with E-state index in [1.807, 2.05) is 11.5 Å². The van der Waals surface area contributed by atoms with Gasteiger partial charge < -0.3 is 9.30 Å². The Bertz CT molecular complexity index is 478. The van der Waals surface area contributed by atoms with E-state index in [-0.39, 0.29) is 0 Å². The predicted molar refractivity (Wildman–Crippen MR) is 76.0 cm³/mol. The molecule has 0 aliphatic heterocycles. The summed E-state index contributed by atoms with van der Waals surface area (Å²) in [6, 6.07) is 1.64. The van der Waals surface area contributed by atoms with Crippen LogP contribution in [0.4, 0.5) is 0 Å². The quantitative estimate of drug-likeness (QED) is 0.544. The van der Waals surface area contributed by atoms with Crippen LogP contribution in [0.15, 0.2) is 17.2 Å². The fourth-order valence-electron chi connectivity index (χ4n) is 1.80. The van der Waals surface area contributed by atoms with E-state index < -0.39 is 10.0 Å². The minimum Gasteiger partial charge on any atom is -0.385 e. The molecular weight excluding hydrogens is 288 g/mol. The van der Waals surface area contributed by atoms with E-state index >= 15 is 0 Å². The number of aryl methyl sites for hydroxylation is 1. The standard InChI is InChI=1S/C12H21ClN2O3S/c1-4-15-10-12(8-11(15)9-13)19(16,17)14(2)6-5-7-18-3/h8,10H,4-7,9H2,1-3H3. The molecule has 7 heteroatoms. The molecule has 0 aliphatic carbocycles. The second-order valence-electron chi connectivity index (χ2n) is 4.26. The zero-order chi connectivity index (χ0) is 14.5. The maximum Gasteiger partial charge on any atom is 0.244 e. The van der Waals surface area contributed by atoms with Crippen LogP contribution in [-0.4, -0.2) is 44.6 Å². The van der Waals surface area contributed by atoms with E-state index in [9.17, 15) is 8.42 Å². The molecule has 1 aromatic heterocycles. The summed E-state index contributed by atoms with van der Waals surface area (Å²) in [5, 5.41) is 0. The highest BCUT2D eigenvalue weighted by atomic mass is 35.5. The van der Waals surface area contributed by atoms with Crippen molar-refractivity contribution >= 4 is 21.6 Å². The Balaban J connectivity index is 2.90. The van der Waals surface area contributed by atoms with Gasteiger partial charge in [-0.3, -0.25) is 0 Å². The molecule has 110 valence electrons. The summed E-state index contributed by atoms with van der Waals surface area (Å²) in [4.78, 5) is 0.296. The molecule has 0 radical (unpaired) electrons. The third-order valence-corrected chi connectivity index (χ3v) is 5.06. The topological polar surface area (TPSA) is 51.5 Å². The lowest BCUT2D eigenvalue weighted by atomic mass is 10.5. The lowest BCUT2D eigenvalue weighted by Crippen LogP contribution is -2.28. The van der Waals surface area contributed by atoms with Gasteiger partial charge in [-0.05, 0) is 19.4 Å². The highest BCUT2D eigenvalue weighted by Crippen LogP contribution is 2.19. The van der Waals surface area contributed by atoms with Crippen molar-refractivity contribution in [3.05, 3.63) is 18.0 Å². The number of nitrogens with zero attached hydrogens (tertiary/aromatic N) is 2. The molecule has 0 amide bonds. The first-order chi connectivity index (χ1) is 8.97. The fraction of sp³-hybridized carbons (Fsp3) is 0.667. The van der Waals surface area contributed by atoms with Gasteiger partial charge in [0.1, 0.15) is 4.90 Å². The molecule has 5 nitrogen and oxygen atoms in total. The molecule has 1 aromatic rings. The van der Waals surface area contributed by atoms with Crippen molar-refractivity contribution in [3.63, 3.8) is 0 Å². The number of methoxy groups -OCH3 is 1. The van der Waals surface area contributed by atoms with Crippen molar-refractivity contribution in [1.82, 2.24) is 8.87 Å². The molecule has 0 saturated carbocycles. The van der Waals surface area contributed by atoms with Crippen LogP contribution in [0.3, 0.4) is 0 Å². The Hall–Kier alpha value is -0.560. The lowest BCUT2D eigenvalue weighted by molar-refractivity contribution is 0.189. The van der Waals surface area contributed by atoms with Crippen LogP contribution in [-0.2, 0) is 27.2 Å². The number of sulfonamides is 1. The van der Waals surface area contributed by atoms with Gasteiger partial charge in [0.05, 0.1) is 5.88 Å². The fourth-order valence-corrected chi connectivity index (χ4v) is 3.31. The molecule has 0 aromatic carbocycles. The van der Waals surface area contributed by atoms with Crippen LogP contribution in [0.5, 0.6) is 0 Å². The second kappa shape index (κ2) is 7.28. The van der Waals surface area contributed by atoms with Crippen molar-refractivity contribution in [2.75, 3.05) is 27.3 Å². The van der Waals surface area contributed by atoms with E-state index in [0.29, 0.717) is 36.9 Å². The predicted octanol–water partition coefficient (Wildman–Crippen LogP) is 1.90. The molecule has 0 N–H and O–H groups in total. The van der Waals surface area contributed by atoms with Crippen molar-refractivity contribution in [2.24, 2.45) is 0 Å². The first kappa shape index (κ1) is 16.5. The van der Waals surface area contributed by atoms with Gasteiger partial charge in [-0.2, -0.15) is 0 Å². The summed E-state index contributed by atoms with van der Waals surface area (Å²) in [6.45, 7) is 3.63. The molecule has 1 rings (SSSR count). The minimum absolute atomic E-state index is 0.296. The van der Waals surface area contributed by atoms with Gasteiger partial charge in [0, 0.05) is 45.7 Å². The van der Waals surface area contributed by atoms with E-state index in [1.165, 1.54) is 4.31 Å². The summed E-state index contributed by atoms with van der Waals surface area (Å²) in [6.07, 6.45) is 2.31. The third-order valence-electron chi connectivity index (χ3n) is 2.97. The number of hydrogen-bond acceptors (Lipinski definition) is 3. The summed E-state index contributed by atoms with van der Waals surface area (Å²) in [7, 11) is -0.265. The molecule has 0 saturated heterocycles. The first-order valence-corrected chi connectivity index (χ1v) is 8.15. The number of halogens is 1. The van der Waals surface area contributed by atoms with E-state index in [2.05, 4.69) is 0 Å². The monoisotopic (exact) mass is 308 g/mol. The van der Waals surface area contributed by atoms with Gasteiger partial charge in [-0.1, -0.05) is 0 Å². The molecule has 0 atom stereocenters. The van der Waals surface area contributed by atoms with Crippen LogP contribution in [0.2, 0.25) is 0 Å². The summed E-state index contributed by atoms with van der Waals surface area (Å²) in [5.74, 6) is 0.302. The van der Waals surface area contributed by atoms with Crippen molar-refractivity contribution in [2.45, 2.75) is 30.7 Å². The largest absolute Gasteiger partial charge is 0.385 e. The number of aromatic nitrogens is 1. The van der Waals surface area contributed by atoms with Crippen LogP contribution in [0, 0.1) is 0 Å². The SMILES string of the molecule is CCn1cc(S(=O)(=O)N(C)CCCOC)cc1CCl. The molecule has 0 fully saturated rings. The van der Waals surface area contributed by atoms with Gasteiger partial charge in [0.2, 0.25) is 10.0 Å². The van der Waals surface area contributed by atoms with Crippen molar-refractivity contribution in [1.29, 1.82) is 0 Å². The summed E-state index contributed by atoms with van der Waals surface area (Å²) in [5.41, 5.74) is 0.813. The molecule has 0 spiro atoms. The maximum absolute atomic E-state index is 12.4. The second-order valence-corrected chi connectivity index (χ2v) is 6.57. The molecule has 0 unspecified atom stereocenters. The Morgan fingerprint density at radius 2 is 2.16 bits per heavy atom. The molecule has 19 heavy (non-hydrogen) atoms. The smallest absolute Gasteiger partial charge is 0.244 e. The minimum atomic E-state index is -3.44. The summed E-state index contributed by atoms with van der Waals surface area (Å²) >= 11 is 5.81. The third kappa shape index (κ3) is 3.95. The average Bonchev–Trinajstić information content (AvgIpc) is 2.82. The van der Waals surface area contributed by atoms with Crippen LogP contribution >= 0.6 is 11.6 Å². The highest BCUT2D eigenvalue weighted by molar-refractivity contribution is 7.89. The average molecular weight is 309 g/mol. The normalized spacial score (nSPS) is 12.3.